The van der Waals surface area contributed by atoms with Crippen molar-refractivity contribution in [3.63, 3.8) is 0 Å². The number of aromatic nitrogens is 5. The lowest BCUT2D eigenvalue weighted by Crippen LogP contribution is -2.32. The van der Waals surface area contributed by atoms with Gasteiger partial charge < -0.3 is 4.74 Å². The van der Waals surface area contributed by atoms with Crippen molar-refractivity contribution in [2.45, 2.75) is 26.4 Å². The molecular weight excluding hydrogens is 254 g/mol. The van der Waals surface area contributed by atoms with E-state index >= 15 is 0 Å². The van der Waals surface area contributed by atoms with E-state index in [2.05, 4.69) is 26.3 Å². The number of hydrogen-bond donors (Lipinski definition) is 0. The maximum atomic E-state index is 6.07. The summed E-state index contributed by atoms with van der Waals surface area (Å²) in [6, 6.07) is 6.07. The molecular formula is C14H13N5O. The second-order valence-corrected chi connectivity index (χ2v) is 5.50. The van der Waals surface area contributed by atoms with Gasteiger partial charge in [-0.05, 0) is 32.9 Å². The maximum absolute atomic E-state index is 6.07. The number of hydrogen-bond acceptors (Lipinski definition) is 5. The van der Waals surface area contributed by atoms with Crippen molar-refractivity contribution in [2.75, 3.05) is 0 Å². The highest BCUT2D eigenvalue weighted by Crippen LogP contribution is 2.43. The Morgan fingerprint density at radius 3 is 2.95 bits per heavy atom. The zero-order chi connectivity index (χ0) is 13.9. The van der Waals surface area contributed by atoms with Gasteiger partial charge in [-0.15, -0.1) is 10.2 Å². The topological polar surface area (TPSA) is 65.2 Å². The molecule has 1 aromatic carbocycles. The van der Waals surface area contributed by atoms with E-state index < -0.39 is 5.60 Å². The minimum Gasteiger partial charge on any atom is -0.481 e. The summed E-state index contributed by atoms with van der Waals surface area (Å²) in [4.78, 5) is 4.60. The molecule has 1 aliphatic rings. The molecule has 0 aliphatic carbocycles. The molecule has 0 radical (unpaired) electrons. The van der Waals surface area contributed by atoms with Crippen molar-refractivity contribution in [3.05, 3.63) is 35.8 Å². The molecule has 0 atom stereocenters. The molecule has 3 aromatic rings. The van der Waals surface area contributed by atoms with Crippen LogP contribution >= 0.6 is 0 Å². The zero-order valence-corrected chi connectivity index (χ0v) is 11.5. The molecule has 0 bridgehead atoms. The minimum absolute atomic E-state index is 0.494. The third-order valence-corrected chi connectivity index (χ3v) is 3.48. The second kappa shape index (κ2) is 3.53. The van der Waals surface area contributed by atoms with Gasteiger partial charge in [0.25, 0.3) is 5.78 Å². The van der Waals surface area contributed by atoms with Crippen LogP contribution in [-0.2, 0) is 5.60 Å². The lowest BCUT2D eigenvalue weighted by atomic mass is 9.94. The van der Waals surface area contributed by atoms with Crippen molar-refractivity contribution >= 4 is 5.78 Å². The molecule has 0 saturated heterocycles. The summed E-state index contributed by atoms with van der Waals surface area (Å²) in [5.74, 6) is 1.32. The Morgan fingerprint density at radius 1 is 1.25 bits per heavy atom. The van der Waals surface area contributed by atoms with Crippen molar-refractivity contribution in [3.8, 4) is 17.0 Å². The van der Waals surface area contributed by atoms with Crippen LogP contribution in [0.4, 0.5) is 0 Å². The number of fused-ring (bicyclic) bond motifs is 4. The van der Waals surface area contributed by atoms with Gasteiger partial charge in [0.1, 0.15) is 29.1 Å². The SMILES string of the molecule is Cc1ccc2c(c1)-c1nc3nncn3nc1C(C)(C)O2. The lowest BCUT2D eigenvalue weighted by Gasteiger charge is -2.32. The Balaban J connectivity index is 2.11. The monoisotopic (exact) mass is 267 g/mol. The maximum Gasteiger partial charge on any atom is 0.272 e. The molecule has 2 aromatic heterocycles. The van der Waals surface area contributed by atoms with Crippen LogP contribution in [0.1, 0.15) is 25.1 Å². The minimum atomic E-state index is -0.539. The first-order chi connectivity index (χ1) is 9.54. The Bertz CT molecular complexity index is 837. The summed E-state index contributed by atoms with van der Waals surface area (Å²) in [5.41, 5.74) is 3.19. The van der Waals surface area contributed by atoms with Gasteiger partial charge in [-0.3, -0.25) is 0 Å². The smallest absolute Gasteiger partial charge is 0.272 e. The second-order valence-electron chi connectivity index (χ2n) is 5.50. The third-order valence-electron chi connectivity index (χ3n) is 3.48. The molecule has 0 N–H and O–H groups in total. The van der Waals surface area contributed by atoms with E-state index in [0.29, 0.717) is 5.78 Å². The van der Waals surface area contributed by atoms with Crippen LogP contribution in [0.5, 0.6) is 5.75 Å². The summed E-state index contributed by atoms with van der Waals surface area (Å²) < 4.78 is 7.64. The predicted octanol–water partition coefficient (Wildman–Crippen LogP) is 2.12. The summed E-state index contributed by atoms with van der Waals surface area (Å²) in [7, 11) is 0. The van der Waals surface area contributed by atoms with E-state index in [9.17, 15) is 0 Å². The summed E-state index contributed by atoms with van der Waals surface area (Å²) in [6.45, 7) is 6.02. The Labute approximate surface area is 115 Å². The Morgan fingerprint density at radius 2 is 2.10 bits per heavy atom. The van der Waals surface area contributed by atoms with Gasteiger partial charge in [-0.25, -0.2) is 4.98 Å². The molecule has 0 fully saturated rings. The fraction of sp³-hybridized carbons (Fsp3) is 0.286. The summed E-state index contributed by atoms with van der Waals surface area (Å²) in [5, 5.41) is 12.4. The van der Waals surface area contributed by atoms with Crippen molar-refractivity contribution in [1.29, 1.82) is 0 Å². The Hall–Kier alpha value is -2.50. The normalized spacial score (nSPS) is 15.6. The standard InChI is InChI=1S/C14H13N5O/c1-8-4-5-10-9(6-8)11-12(14(2,3)20-10)18-19-7-15-17-13(19)16-11/h4-7H,1-3H3. The summed E-state index contributed by atoms with van der Waals surface area (Å²) in [6.07, 6.45) is 1.55. The number of aryl methyl sites for hydroxylation is 1. The molecule has 6 nitrogen and oxygen atoms in total. The van der Waals surface area contributed by atoms with Gasteiger partial charge >= 0.3 is 0 Å². The highest BCUT2D eigenvalue weighted by molar-refractivity contribution is 5.73. The van der Waals surface area contributed by atoms with E-state index in [1.807, 2.05) is 32.9 Å². The van der Waals surface area contributed by atoms with E-state index in [1.54, 1.807) is 10.8 Å². The third kappa shape index (κ3) is 1.44. The quantitative estimate of drug-likeness (QED) is 0.624. The first-order valence-electron chi connectivity index (χ1n) is 6.43. The summed E-state index contributed by atoms with van der Waals surface area (Å²) >= 11 is 0. The van der Waals surface area contributed by atoms with Crippen LogP contribution in [-0.4, -0.2) is 24.8 Å². The van der Waals surface area contributed by atoms with Crippen LogP contribution in [0.15, 0.2) is 24.5 Å². The molecule has 1 aliphatic heterocycles. The molecule has 0 amide bonds. The van der Waals surface area contributed by atoms with E-state index in [0.717, 1.165) is 28.3 Å². The molecule has 3 heterocycles. The van der Waals surface area contributed by atoms with Gasteiger partial charge in [0.2, 0.25) is 0 Å². The van der Waals surface area contributed by atoms with Crippen molar-refractivity contribution in [1.82, 2.24) is 24.8 Å². The fourth-order valence-electron chi connectivity index (χ4n) is 2.51. The van der Waals surface area contributed by atoms with Crippen LogP contribution < -0.4 is 4.74 Å². The van der Waals surface area contributed by atoms with Crippen LogP contribution in [0.2, 0.25) is 0 Å². The van der Waals surface area contributed by atoms with Gasteiger partial charge in [0, 0.05) is 5.56 Å². The molecule has 0 spiro atoms. The Kier molecular flexibility index (Phi) is 2.00. The number of benzene rings is 1. The van der Waals surface area contributed by atoms with Gasteiger partial charge in [0.15, 0.2) is 0 Å². The average molecular weight is 267 g/mol. The first-order valence-corrected chi connectivity index (χ1v) is 6.43. The lowest BCUT2D eigenvalue weighted by molar-refractivity contribution is 0.0984. The van der Waals surface area contributed by atoms with E-state index in [-0.39, 0.29) is 0 Å². The molecule has 0 saturated carbocycles. The number of nitrogens with zero attached hydrogens (tertiary/aromatic N) is 5. The molecule has 6 heteroatoms. The molecule has 100 valence electrons. The average Bonchev–Trinajstić information content (AvgIpc) is 2.85. The van der Waals surface area contributed by atoms with Gasteiger partial charge in [-0.1, -0.05) is 11.6 Å². The highest BCUT2D eigenvalue weighted by atomic mass is 16.5. The van der Waals surface area contributed by atoms with Crippen LogP contribution in [0.3, 0.4) is 0 Å². The first kappa shape index (κ1) is 11.3. The van der Waals surface area contributed by atoms with Crippen LogP contribution in [0, 0.1) is 6.92 Å². The van der Waals surface area contributed by atoms with Crippen molar-refractivity contribution in [2.24, 2.45) is 0 Å². The number of rotatable bonds is 0. The fourth-order valence-corrected chi connectivity index (χ4v) is 2.51. The number of ether oxygens (including phenoxy) is 1. The molecule has 0 unspecified atom stereocenters. The molecule has 4 rings (SSSR count). The molecule has 20 heavy (non-hydrogen) atoms. The largest absolute Gasteiger partial charge is 0.481 e. The van der Waals surface area contributed by atoms with E-state index in [1.165, 1.54) is 0 Å². The highest BCUT2D eigenvalue weighted by Gasteiger charge is 2.36. The van der Waals surface area contributed by atoms with Crippen molar-refractivity contribution < 1.29 is 4.74 Å². The predicted molar refractivity (Wildman–Crippen MR) is 72.4 cm³/mol. The van der Waals surface area contributed by atoms with Crippen LogP contribution in [0.25, 0.3) is 17.0 Å². The zero-order valence-electron chi connectivity index (χ0n) is 11.5. The van der Waals surface area contributed by atoms with Gasteiger partial charge in [0.05, 0.1) is 0 Å². The van der Waals surface area contributed by atoms with E-state index in [4.69, 9.17) is 4.74 Å². The van der Waals surface area contributed by atoms with Gasteiger partial charge in [-0.2, -0.15) is 9.61 Å².